The SMILES string of the molecule is CC(C)C(C)C(=O)NC1CCOCC1. The number of ether oxygens (including phenoxy) is 1. The lowest BCUT2D eigenvalue weighted by atomic mass is 9.96. The summed E-state index contributed by atoms with van der Waals surface area (Å²) in [5.41, 5.74) is 0. The minimum absolute atomic E-state index is 0.109. The monoisotopic (exact) mass is 199 g/mol. The van der Waals surface area contributed by atoms with E-state index in [0.717, 1.165) is 26.1 Å². The first-order chi connectivity index (χ1) is 6.61. The fraction of sp³-hybridized carbons (Fsp3) is 0.909. The van der Waals surface area contributed by atoms with Crippen LogP contribution in [0.4, 0.5) is 0 Å². The molecule has 0 aromatic heterocycles. The maximum atomic E-state index is 11.7. The molecule has 1 aliphatic rings. The van der Waals surface area contributed by atoms with Crippen LogP contribution in [0.3, 0.4) is 0 Å². The zero-order valence-corrected chi connectivity index (χ0v) is 9.38. The zero-order valence-electron chi connectivity index (χ0n) is 9.38. The standard InChI is InChI=1S/C11H21NO2/c1-8(2)9(3)11(13)12-10-4-6-14-7-5-10/h8-10H,4-7H2,1-3H3,(H,12,13). The molecule has 0 bridgehead atoms. The average molecular weight is 199 g/mol. The predicted molar refractivity (Wildman–Crippen MR) is 56.0 cm³/mol. The number of hydrogen-bond acceptors (Lipinski definition) is 2. The summed E-state index contributed by atoms with van der Waals surface area (Å²) in [7, 11) is 0. The molecule has 0 aromatic rings. The minimum atomic E-state index is 0.109. The van der Waals surface area contributed by atoms with E-state index in [9.17, 15) is 4.79 Å². The smallest absolute Gasteiger partial charge is 0.223 e. The van der Waals surface area contributed by atoms with Crippen LogP contribution in [-0.2, 0) is 9.53 Å². The summed E-state index contributed by atoms with van der Waals surface area (Å²) in [5.74, 6) is 0.708. The molecule has 0 aliphatic carbocycles. The van der Waals surface area contributed by atoms with Crippen molar-refractivity contribution in [3.8, 4) is 0 Å². The quantitative estimate of drug-likeness (QED) is 0.749. The van der Waals surface area contributed by atoms with Crippen molar-refractivity contribution in [2.24, 2.45) is 11.8 Å². The zero-order chi connectivity index (χ0) is 10.6. The molecule has 1 aliphatic heterocycles. The molecule has 1 rings (SSSR count). The van der Waals surface area contributed by atoms with Crippen molar-refractivity contribution in [2.75, 3.05) is 13.2 Å². The summed E-state index contributed by atoms with van der Waals surface area (Å²) >= 11 is 0. The van der Waals surface area contributed by atoms with Crippen LogP contribution in [0.15, 0.2) is 0 Å². The van der Waals surface area contributed by atoms with Gasteiger partial charge in [-0.25, -0.2) is 0 Å². The Morgan fingerprint density at radius 2 is 1.86 bits per heavy atom. The molecular weight excluding hydrogens is 178 g/mol. The van der Waals surface area contributed by atoms with E-state index in [-0.39, 0.29) is 11.8 Å². The Hall–Kier alpha value is -0.570. The van der Waals surface area contributed by atoms with Gasteiger partial charge in [0.25, 0.3) is 0 Å². The van der Waals surface area contributed by atoms with Gasteiger partial charge in [0.2, 0.25) is 5.91 Å². The molecule has 82 valence electrons. The summed E-state index contributed by atoms with van der Waals surface area (Å²) in [6.07, 6.45) is 1.91. The van der Waals surface area contributed by atoms with Crippen LogP contribution in [-0.4, -0.2) is 25.2 Å². The van der Waals surface area contributed by atoms with E-state index < -0.39 is 0 Å². The highest BCUT2D eigenvalue weighted by atomic mass is 16.5. The number of hydrogen-bond donors (Lipinski definition) is 1. The van der Waals surface area contributed by atoms with E-state index in [0.29, 0.717) is 12.0 Å². The molecule has 0 saturated carbocycles. The molecule has 1 saturated heterocycles. The lowest BCUT2D eigenvalue weighted by Gasteiger charge is -2.25. The molecule has 1 fully saturated rings. The van der Waals surface area contributed by atoms with Crippen LogP contribution in [0.1, 0.15) is 33.6 Å². The van der Waals surface area contributed by atoms with Crippen molar-refractivity contribution in [2.45, 2.75) is 39.7 Å². The fourth-order valence-corrected chi connectivity index (χ4v) is 1.48. The molecule has 0 spiro atoms. The number of carbonyl (C=O) groups is 1. The van der Waals surface area contributed by atoms with Gasteiger partial charge >= 0.3 is 0 Å². The number of rotatable bonds is 3. The van der Waals surface area contributed by atoms with Crippen LogP contribution in [0.2, 0.25) is 0 Å². The first-order valence-corrected chi connectivity index (χ1v) is 5.49. The number of amides is 1. The third-order valence-corrected chi connectivity index (χ3v) is 2.98. The lowest BCUT2D eigenvalue weighted by Crippen LogP contribution is -2.42. The largest absolute Gasteiger partial charge is 0.381 e. The molecule has 0 aromatic carbocycles. The molecule has 3 nitrogen and oxygen atoms in total. The van der Waals surface area contributed by atoms with Crippen LogP contribution >= 0.6 is 0 Å². The second-order valence-corrected chi connectivity index (χ2v) is 4.43. The van der Waals surface area contributed by atoms with Crippen LogP contribution in [0.5, 0.6) is 0 Å². The van der Waals surface area contributed by atoms with Crippen LogP contribution < -0.4 is 5.32 Å². The van der Waals surface area contributed by atoms with Crippen molar-refractivity contribution < 1.29 is 9.53 Å². The third-order valence-electron chi connectivity index (χ3n) is 2.98. The summed E-state index contributed by atoms with van der Waals surface area (Å²) in [6.45, 7) is 7.70. The van der Waals surface area contributed by atoms with Gasteiger partial charge in [0.15, 0.2) is 0 Å². The topological polar surface area (TPSA) is 38.3 Å². The van der Waals surface area contributed by atoms with Gasteiger partial charge in [-0.2, -0.15) is 0 Å². The summed E-state index contributed by atoms with van der Waals surface area (Å²) < 4.78 is 5.24. The molecule has 1 heterocycles. The lowest BCUT2D eigenvalue weighted by molar-refractivity contribution is -0.127. The van der Waals surface area contributed by atoms with E-state index in [1.165, 1.54) is 0 Å². The molecule has 1 atom stereocenters. The predicted octanol–water partition coefficient (Wildman–Crippen LogP) is 1.57. The van der Waals surface area contributed by atoms with E-state index in [1.54, 1.807) is 0 Å². The molecule has 3 heteroatoms. The summed E-state index contributed by atoms with van der Waals surface area (Å²) in [6, 6.07) is 0.331. The van der Waals surface area contributed by atoms with Crippen molar-refractivity contribution in [3.63, 3.8) is 0 Å². The van der Waals surface area contributed by atoms with Gasteiger partial charge in [-0.1, -0.05) is 20.8 Å². The molecule has 1 unspecified atom stereocenters. The van der Waals surface area contributed by atoms with Gasteiger partial charge in [-0.15, -0.1) is 0 Å². The molecule has 1 amide bonds. The minimum Gasteiger partial charge on any atom is -0.381 e. The summed E-state index contributed by atoms with van der Waals surface area (Å²) in [4.78, 5) is 11.7. The Labute approximate surface area is 86.2 Å². The van der Waals surface area contributed by atoms with E-state index >= 15 is 0 Å². The van der Waals surface area contributed by atoms with E-state index in [2.05, 4.69) is 19.2 Å². The van der Waals surface area contributed by atoms with Gasteiger partial charge in [0.1, 0.15) is 0 Å². The highest BCUT2D eigenvalue weighted by molar-refractivity contribution is 5.78. The van der Waals surface area contributed by atoms with Gasteiger partial charge in [0, 0.05) is 25.2 Å². The van der Waals surface area contributed by atoms with E-state index in [1.807, 2.05) is 6.92 Å². The summed E-state index contributed by atoms with van der Waals surface area (Å²) in [5, 5.41) is 3.08. The maximum Gasteiger partial charge on any atom is 0.223 e. The van der Waals surface area contributed by atoms with Crippen molar-refractivity contribution in [1.82, 2.24) is 5.32 Å². The van der Waals surface area contributed by atoms with Gasteiger partial charge in [-0.05, 0) is 18.8 Å². The fourth-order valence-electron chi connectivity index (χ4n) is 1.48. The third kappa shape index (κ3) is 3.29. The first-order valence-electron chi connectivity index (χ1n) is 5.49. The number of nitrogens with one attached hydrogen (secondary N) is 1. The van der Waals surface area contributed by atoms with Crippen LogP contribution in [0.25, 0.3) is 0 Å². The highest BCUT2D eigenvalue weighted by Gasteiger charge is 2.21. The molecule has 0 radical (unpaired) electrons. The molecule has 14 heavy (non-hydrogen) atoms. The molecular formula is C11H21NO2. The number of carbonyl (C=O) groups excluding carboxylic acids is 1. The van der Waals surface area contributed by atoms with Crippen molar-refractivity contribution >= 4 is 5.91 Å². The van der Waals surface area contributed by atoms with Crippen molar-refractivity contribution in [3.05, 3.63) is 0 Å². The maximum absolute atomic E-state index is 11.7. The molecule has 1 N–H and O–H groups in total. The second-order valence-electron chi connectivity index (χ2n) is 4.43. The Balaban J connectivity index is 2.31. The highest BCUT2D eigenvalue weighted by Crippen LogP contribution is 2.12. The Bertz CT molecular complexity index is 186. The van der Waals surface area contributed by atoms with Gasteiger partial charge < -0.3 is 10.1 Å². The van der Waals surface area contributed by atoms with Gasteiger partial charge in [0.05, 0.1) is 0 Å². The van der Waals surface area contributed by atoms with Gasteiger partial charge in [-0.3, -0.25) is 4.79 Å². The first kappa shape index (κ1) is 11.5. The Morgan fingerprint density at radius 1 is 1.29 bits per heavy atom. The normalized spacial score (nSPS) is 20.9. The van der Waals surface area contributed by atoms with E-state index in [4.69, 9.17) is 4.74 Å². The Kier molecular flexibility index (Phi) is 4.39. The Morgan fingerprint density at radius 3 is 2.36 bits per heavy atom. The average Bonchev–Trinajstić information content (AvgIpc) is 2.18. The van der Waals surface area contributed by atoms with Crippen LogP contribution in [0, 0.1) is 11.8 Å². The van der Waals surface area contributed by atoms with Crippen molar-refractivity contribution in [1.29, 1.82) is 0 Å². The second kappa shape index (κ2) is 5.35.